The topological polar surface area (TPSA) is 69.6 Å². The number of rotatable bonds is 3. The lowest BCUT2D eigenvalue weighted by atomic mass is 9.83. The highest BCUT2D eigenvalue weighted by atomic mass is 35.5. The molecule has 7 heteroatoms. The van der Waals surface area contributed by atoms with Crippen LogP contribution in [0, 0.1) is 0 Å². The van der Waals surface area contributed by atoms with Crippen LogP contribution in [0.25, 0.3) is 0 Å². The predicted molar refractivity (Wildman–Crippen MR) is 85.2 cm³/mol. The Morgan fingerprint density at radius 2 is 1.95 bits per heavy atom. The van der Waals surface area contributed by atoms with Crippen LogP contribution in [0.4, 0.5) is 4.79 Å². The Morgan fingerprint density at radius 1 is 1.32 bits per heavy atom. The van der Waals surface area contributed by atoms with Crippen LogP contribution in [0.1, 0.15) is 26.3 Å². The summed E-state index contributed by atoms with van der Waals surface area (Å²) in [5.41, 5.74) is -1.30. The first-order valence-corrected chi connectivity index (χ1v) is 7.58. The quantitative estimate of drug-likeness (QED) is 0.885. The van der Waals surface area contributed by atoms with Gasteiger partial charge >= 0.3 is 6.03 Å². The molecular weight excluding hydrogens is 327 g/mol. The molecule has 3 amide bonds. The second-order valence-corrected chi connectivity index (χ2v) is 7.15. The van der Waals surface area contributed by atoms with Crippen LogP contribution in [0.3, 0.4) is 0 Å². The molecule has 1 atom stereocenters. The van der Waals surface area contributed by atoms with Crippen molar-refractivity contribution in [3.8, 4) is 0 Å². The average molecular weight is 345 g/mol. The predicted octanol–water partition coefficient (Wildman–Crippen LogP) is 2.57. The summed E-state index contributed by atoms with van der Waals surface area (Å²) < 4.78 is 0. The Kier molecular flexibility index (Phi) is 4.44. The summed E-state index contributed by atoms with van der Waals surface area (Å²) in [6, 6.07) is 4.69. The first-order chi connectivity index (χ1) is 10.0. The molecule has 0 bridgehead atoms. The molecule has 1 saturated heterocycles. The highest BCUT2D eigenvalue weighted by Crippen LogP contribution is 2.31. The second kappa shape index (κ2) is 5.72. The van der Waals surface area contributed by atoms with Gasteiger partial charge in [-0.15, -0.1) is 0 Å². The standard InChI is InChI=1S/C15H18Cl2N2O3/c1-14(2,9-4-5-10(16)11(17)6-9)8-19-12(20)15(3,22)7-18-13(19)21/h4-6,22H,7-8H2,1-3H3,(H,18,21). The summed E-state index contributed by atoms with van der Waals surface area (Å²) in [5, 5.41) is 13.4. The lowest BCUT2D eigenvalue weighted by molar-refractivity contribution is -0.148. The summed E-state index contributed by atoms with van der Waals surface area (Å²) in [7, 11) is 0. The van der Waals surface area contributed by atoms with E-state index < -0.39 is 23.0 Å². The summed E-state index contributed by atoms with van der Waals surface area (Å²) in [5.74, 6) is -0.607. The van der Waals surface area contributed by atoms with Gasteiger partial charge in [0.2, 0.25) is 0 Å². The van der Waals surface area contributed by atoms with Crippen LogP contribution >= 0.6 is 23.2 Å². The van der Waals surface area contributed by atoms with Gasteiger partial charge in [-0.2, -0.15) is 0 Å². The highest BCUT2D eigenvalue weighted by molar-refractivity contribution is 6.42. The minimum Gasteiger partial charge on any atom is -0.378 e. The molecule has 1 aromatic carbocycles. The number of hydrogen-bond donors (Lipinski definition) is 2. The molecule has 1 aromatic rings. The number of carbonyl (C=O) groups excluding carboxylic acids is 2. The van der Waals surface area contributed by atoms with E-state index in [0.29, 0.717) is 10.0 Å². The number of benzene rings is 1. The van der Waals surface area contributed by atoms with Crippen molar-refractivity contribution in [1.82, 2.24) is 10.2 Å². The molecule has 1 heterocycles. The van der Waals surface area contributed by atoms with Crippen molar-refractivity contribution in [3.05, 3.63) is 33.8 Å². The normalized spacial score (nSPS) is 22.7. The van der Waals surface area contributed by atoms with E-state index in [-0.39, 0.29) is 13.1 Å². The lowest BCUT2D eigenvalue weighted by Gasteiger charge is -2.39. The minimum absolute atomic E-state index is 0.0889. The van der Waals surface area contributed by atoms with Crippen molar-refractivity contribution < 1.29 is 14.7 Å². The number of nitrogens with zero attached hydrogens (tertiary/aromatic N) is 1. The highest BCUT2D eigenvalue weighted by Gasteiger charge is 2.44. The molecule has 5 nitrogen and oxygen atoms in total. The van der Waals surface area contributed by atoms with Gasteiger partial charge in [-0.05, 0) is 24.6 Å². The Hall–Kier alpha value is -1.30. The molecule has 2 rings (SSSR count). The van der Waals surface area contributed by atoms with Gasteiger partial charge in [0.25, 0.3) is 5.91 Å². The molecule has 0 aromatic heterocycles. The van der Waals surface area contributed by atoms with Gasteiger partial charge < -0.3 is 10.4 Å². The largest absolute Gasteiger partial charge is 0.378 e. The molecule has 0 spiro atoms. The van der Waals surface area contributed by atoms with E-state index in [4.69, 9.17) is 23.2 Å². The SMILES string of the molecule is CC1(O)CNC(=O)N(CC(C)(C)c2ccc(Cl)c(Cl)c2)C1=O. The van der Waals surface area contributed by atoms with Gasteiger partial charge in [0, 0.05) is 12.0 Å². The number of aliphatic hydroxyl groups is 1. The van der Waals surface area contributed by atoms with E-state index in [9.17, 15) is 14.7 Å². The maximum atomic E-state index is 12.3. The van der Waals surface area contributed by atoms with Gasteiger partial charge in [0.15, 0.2) is 5.60 Å². The molecule has 0 radical (unpaired) electrons. The number of β-amino-alcohol motifs (C(OH)–C–C–N with tert-alkyl or cyclic N) is 1. The molecule has 0 aliphatic carbocycles. The van der Waals surface area contributed by atoms with E-state index >= 15 is 0 Å². The van der Waals surface area contributed by atoms with Crippen LogP contribution in [-0.2, 0) is 10.2 Å². The Balaban J connectivity index is 2.28. The number of halogens is 2. The van der Waals surface area contributed by atoms with Crippen LogP contribution < -0.4 is 5.32 Å². The number of hydrogen-bond acceptors (Lipinski definition) is 3. The van der Waals surface area contributed by atoms with E-state index in [0.717, 1.165) is 10.5 Å². The van der Waals surface area contributed by atoms with Crippen LogP contribution in [0.5, 0.6) is 0 Å². The van der Waals surface area contributed by atoms with Crippen molar-refractivity contribution in [2.45, 2.75) is 31.8 Å². The molecule has 1 aliphatic rings. The number of imide groups is 1. The van der Waals surface area contributed by atoms with Crippen LogP contribution in [0.15, 0.2) is 18.2 Å². The monoisotopic (exact) mass is 344 g/mol. The summed E-state index contributed by atoms with van der Waals surface area (Å²) in [6.45, 7) is 5.18. The zero-order valence-electron chi connectivity index (χ0n) is 12.6. The zero-order chi connectivity index (χ0) is 16.7. The number of urea groups is 1. The maximum Gasteiger partial charge on any atom is 0.324 e. The smallest absolute Gasteiger partial charge is 0.324 e. The van der Waals surface area contributed by atoms with Crippen molar-refractivity contribution >= 4 is 35.1 Å². The van der Waals surface area contributed by atoms with Gasteiger partial charge in [-0.3, -0.25) is 9.69 Å². The second-order valence-electron chi connectivity index (χ2n) is 6.34. The van der Waals surface area contributed by atoms with Gasteiger partial charge in [0.05, 0.1) is 16.6 Å². The third-order valence-corrected chi connectivity index (χ3v) is 4.53. The summed E-state index contributed by atoms with van der Waals surface area (Å²) in [6.07, 6.45) is 0. The van der Waals surface area contributed by atoms with Crippen molar-refractivity contribution in [1.29, 1.82) is 0 Å². The first-order valence-electron chi connectivity index (χ1n) is 6.82. The van der Waals surface area contributed by atoms with Gasteiger partial charge in [-0.25, -0.2) is 4.79 Å². The molecular formula is C15H18Cl2N2O3. The fraction of sp³-hybridized carbons (Fsp3) is 0.467. The molecule has 120 valence electrons. The summed E-state index contributed by atoms with van der Waals surface area (Å²) >= 11 is 11.9. The van der Waals surface area contributed by atoms with E-state index in [1.807, 2.05) is 13.8 Å². The molecule has 1 aliphatic heterocycles. The molecule has 1 fully saturated rings. The van der Waals surface area contributed by atoms with E-state index in [1.165, 1.54) is 6.92 Å². The molecule has 1 unspecified atom stereocenters. The summed E-state index contributed by atoms with van der Waals surface area (Å²) in [4.78, 5) is 25.2. The van der Waals surface area contributed by atoms with Crippen LogP contribution in [-0.4, -0.2) is 40.6 Å². The first kappa shape index (κ1) is 17.1. The van der Waals surface area contributed by atoms with E-state index in [2.05, 4.69) is 5.32 Å². The fourth-order valence-corrected chi connectivity index (χ4v) is 2.65. The van der Waals surface area contributed by atoms with E-state index in [1.54, 1.807) is 18.2 Å². The van der Waals surface area contributed by atoms with Crippen molar-refractivity contribution in [3.63, 3.8) is 0 Å². The molecule has 2 N–H and O–H groups in total. The number of carbonyl (C=O) groups is 2. The van der Waals surface area contributed by atoms with Crippen LogP contribution in [0.2, 0.25) is 10.0 Å². The third-order valence-electron chi connectivity index (χ3n) is 3.79. The fourth-order valence-electron chi connectivity index (χ4n) is 2.35. The van der Waals surface area contributed by atoms with Crippen molar-refractivity contribution in [2.24, 2.45) is 0 Å². The Labute approximate surface area is 139 Å². The Bertz CT molecular complexity index is 629. The number of amides is 3. The zero-order valence-corrected chi connectivity index (χ0v) is 14.1. The van der Waals surface area contributed by atoms with Gasteiger partial charge in [0.1, 0.15) is 0 Å². The van der Waals surface area contributed by atoms with Gasteiger partial charge in [-0.1, -0.05) is 43.1 Å². The lowest BCUT2D eigenvalue weighted by Crippen LogP contribution is -2.64. The maximum absolute atomic E-state index is 12.3. The molecule has 0 saturated carbocycles. The third kappa shape index (κ3) is 3.21. The Morgan fingerprint density at radius 3 is 2.55 bits per heavy atom. The molecule has 22 heavy (non-hydrogen) atoms. The minimum atomic E-state index is -1.60. The number of nitrogens with one attached hydrogen (secondary N) is 1. The average Bonchev–Trinajstić information content (AvgIpc) is 2.43. The van der Waals surface area contributed by atoms with Crippen molar-refractivity contribution in [2.75, 3.05) is 13.1 Å².